The fourth-order valence-corrected chi connectivity index (χ4v) is 2.89. The van der Waals surface area contributed by atoms with E-state index in [1.807, 2.05) is 26.0 Å². The van der Waals surface area contributed by atoms with Crippen LogP contribution < -0.4 is 14.8 Å². The van der Waals surface area contributed by atoms with Crippen LogP contribution in [0.15, 0.2) is 53.1 Å². The Balaban J connectivity index is 1.53. The molecule has 0 saturated carbocycles. The number of carbonyl (C=O) groups excluding carboxylic acids is 1. The average Bonchev–Trinajstić information content (AvgIpc) is 3.18. The number of fused-ring (bicyclic) bond motifs is 1. The van der Waals surface area contributed by atoms with Crippen LogP contribution in [0.3, 0.4) is 0 Å². The molecule has 2 heterocycles. The maximum Gasteiger partial charge on any atom is 0.277 e. The van der Waals surface area contributed by atoms with Crippen molar-refractivity contribution >= 4 is 23.2 Å². The minimum absolute atomic E-state index is 0.151. The van der Waals surface area contributed by atoms with E-state index >= 15 is 0 Å². The highest BCUT2D eigenvalue weighted by molar-refractivity contribution is 6.33. The van der Waals surface area contributed by atoms with E-state index in [1.54, 1.807) is 36.4 Å². The van der Waals surface area contributed by atoms with Gasteiger partial charge in [0.05, 0.1) is 5.02 Å². The second-order valence-corrected chi connectivity index (χ2v) is 6.68. The van der Waals surface area contributed by atoms with E-state index in [0.717, 1.165) is 0 Å². The predicted octanol–water partition coefficient (Wildman–Crippen LogP) is 4.75. The number of halogens is 1. The van der Waals surface area contributed by atoms with Crippen LogP contribution in [-0.2, 0) is 0 Å². The van der Waals surface area contributed by atoms with Crippen molar-refractivity contribution in [3.8, 4) is 22.8 Å². The molecule has 0 bridgehead atoms. The normalized spacial score (nSPS) is 14.3. The smallest absolute Gasteiger partial charge is 0.277 e. The third kappa shape index (κ3) is 3.11. The fraction of sp³-hybridized carbons (Fsp3) is 0.158. The minimum atomic E-state index is -0.721. The van der Waals surface area contributed by atoms with E-state index in [9.17, 15) is 4.79 Å². The second kappa shape index (κ2) is 6.07. The molecule has 1 aliphatic heterocycles. The first-order chi connectivity index (χ1) is 12.4. The Morgan fingerprint density at radius 3 is 2.65 bits per heavy atom. The highest BCUT2D eigenvalue weighted by Gasteiger charge is 2.31. The Bertz CT molecular complexity index is 997. The van der Waals surface area contributed by atoms with E-state index in [1.165, 1.54) is 0 Å². The number of hydrogen-bond acceptors (Lipinski definition) is 5. The molecule has 1 N–H and O–H groups in total. The van der Waals surface area contributed by atoms with Gasteiger partial charge in [0, 0.05) is 37.2 Å². The van der Waals surface area contributed by atoms with Gasteiger partial charge in [-0.1, -0.05) is 28.9 Å². The molecule has 1 aliphatic rings. The van der Waals surface area contributed by atoms with Crippen molar-refractivity contribution in [2.75, 3.05) is 5.32 Å². The molecule has 1 amide bonds. The molecule has 1 aromatic heterocycles. The number of hydrogen-bond donors (Lipinski definition) is 1. The van der Waals surface area contributed by atoms with Gasteiger partial charge in [0.2, 0.25) is 5.79 Å². The van der Waals surface area contributed by atoms with Crippen molar-refractivity contribution in [3.05, 3.63) is 59.2 Å². The molecule has 0 atom stereocenters. The summed E-state index contributed by atoms with van der Waals surface area (Å²) in [5, 5.41) is 7.11. The highest BCUT2D eigenvalue weighted by atomic mass is 35.5. The second-order valence-electron chi connectivity index (χ2n) is 6.28. The molecule has 26 heavy (non-hydrogen) atoms. The first-order valence-corrected chi connectivity index (χ1v) is 8.34. The molecular weight excluding hydrogens is 356 g/mol. The molecule has 4 rings (SSSR count). The van der Waals surface area contributed by atoms with Crippen LogP contribution in [0.2, 0.25) is 5.02 Å². The van der Waals surface area contributed by atoms with Gasteiger partial charge >= 0.3 is 0 Å². The summed E-state index contributed by atoms with van der Waals surface area (Å²) in [4.78, 5) is 12.4. The number of aromatic nitrogens is 1. The topological polar surface area (TPSA) is 73.6 Å². The van der Waals surface area contributed by atoms with Gasteiger partial charge in [0.1, 0.15) is 0 Å². The molecule has 0 radical (unpaired) electrons. The van der Waals surface area contributed by atoms with Crippen molar-refractivity contribution in [1.82, 2.24) is 5.16 Å². The molecule has 132 valence electrons. The minimum Gasteiger partial charge on any atom is -0.449 e. The Labute approximate surface area is 154 Å². The Hall–Kier alpha value is -2.99. The lowest BCUT2D eigenvalue weighted by atomic mass is 10.1. The van der Waals surface area contributed by atoms with Crippen molar-refractivity contribution in [2.45, 2.75) is 19.6 Å². The Kier molecular flexibility index (Phi) is 3.85. The number of amides is 1. The molecule has 3 aromatic rings. The van der Waals surface area contributed by atoms with Gasteiger partial charge in [-0.05, 0) is 24.3 Å². The standard InChI is InChI=1S/C19H15ClN2O4/c1-19(2)24-15-8-7-11(9-17(15)25-19)21-18(23)14-10-16(26-22-14)12-5-3-4-6-13(12)20/h3-10H,1-2H3,(H,21,23). The molecule has 0 saturated heterocycles. The molecule has 0 aliphatic carbocycles. The summed E-state index contributed by atoms with van der Waals surface area (Å²) in [6, 6.07) is 13.9. The highest BCUT2D eigenvalue weighted by Crippen LogP contribution is 2.40. The van der Waals surface area contributed by atoms with Gasteiger partial charge in [-0.15, -0.1) is 0 Å². The quantitative estimate of drug-likeness (QED) is 0.719. The molecule has 0 fully saturated rings. The van der Waals surface area contributed by atoms with Gasteiger partial charge in [0.25, 0.3) is 5.91 Å². The van der Waals surface area contributed by atoms with Gasteiger partial charge in [-0.3, -0.25) is 4.79 Å². The van der Waals surface area contributed by atoms with Crippen molar-refractivity contribution in [2.24, 2.45) is 0 Å². The van der Waals surface area contributed by atoms with Crippen LogP contribution in [0.4, 0.5) is 5.69 Å². The van der Waals surface area contributed by atoms with E-state index in [0.29, 0.717) is 33.5 Å². The summed E-state index contributed by atoms with van der Waals surface area (Å²) < 4.78 is 16.6. The number of anilines is 1. The lowest BCUT2D eigenvalue weighted by molar-refractivity contribution is -0.0431. The zero-order chi connectivity index (χ0) is 18.3. The number of nitrogens with one attached hydrogen (secondary N) is 1. The van der Waals surface area contributed by atoms with E-state index in [-0.39, 0.29) is 5.69 Å². The first-order valence-electron chi connectivity index (χ1n) is 7.96. The van der Waals surface area contributed by atoms with Crippen LogP contribution >= 0.6 is 11.6 Å². The summed E-state index contributed by atoms with van der Waals surface area (Å²) in [6.45, 7) is 3.63. The molecule has 2 aromatic carbocycles. The molecule has 7 heteroatoms. The monoisotopic (exact) mass is 370 g/mol. The third-order valence-electron chi connectivity index (χ3n) is 3.80. The lowest BCUT2D eigenvalue weighted by Gasteiger charge is -2.16. The third-order valence-corrected chi connectivity index (χ3v) is 4.12. The maximum atomic E-state index is 12.4. The fourth-order valence-electron chi connectivity index (χ4n) is 2.67. The van der Waals surface area contributed by atoms with Crippen LogP contribution in [0, 0.1) is 0 Å². The molecule has 0 spiro atoms. The van der Waals surface area contributed by atoms with E-state index in [4.69, 9.17) is 25.6 Å². The maximum absolute atomic E-state index is 12.4. The largest absolute Gasteiger partial charge is 0.449 e. The molecule has 0 unspecified atom stereocenters. The van der Waals surface area contributed by atoms with E-state index in [2.05, 4.69) is 10.5 Å². The summed E-state index contributed by atoms with van der Waals surface area (Å²) >= 11 is 6.14. The van der Waals surface area contributed by atoms with Crippen molar-refractivity contribution < 1.29 is 18.8 Å². The first kappa shape index (κ1) is 16.5. The molecule has 6 nitrogen and oxygen atoms in total. The number of rotatable bonds is 3. The number of ether oxygens (including phenoxy) is 2. The van der Waals surface area contributed by atoms with Gasteiger partial charge in [-0.25, -0.2) is 0 Å². The van der Waals surface area contributed by atoms with Crippen LogP contribution in [0.5, 0.6) is 11.5 Å². The number of nitrogens with zero attached hydrogens (tertiary/aromatic N) is 1. The van der Waals surface area contributed by atoms with Gasteiger partial charge in [-0.2, -0.15) is 0 Å². The number of carbonyl (C=O) groups is 1. The van der Waals surface area contributed by atoms with E-state index < -0.39 is 11.7 Å². The number of benzene rings is 2. The Morgan fingerprint density at radius 2 is 1.85 bits per heavy atom. The predicted molar refractivity (Wildman–Crippen MR) is 96.7 cm³/mol. The van der Waals surface area contributed by atoms with Crippen LogP contribution in [-0.4, -0.2) is 16.9 Å². The van der Waals surface area contributed by atoms with Crippen molar-refractivity contribution in [3.63, 3.8) is 0 Å². The van der Waals surface area contributed by atoms with Crippen molar-refractivity contribution in [1.29, 1.82) is 0 Å². The zero-order valence-corrected chi connectivity index (χ0v) is 14.8. The summed E-state index contributed by atoms with van der Waals surface area (Å²) in [7, 11) is 0. The molecular formula is C19H15ClN2O4. The lowest BCUT2D eigenvalue weighted by Crippen LogP contribution is -2.29. The summed E-state index contributed by atoms with van der Waals surface area (Å²) in [5.41, 5.74) is 1.39. The van der Waals surface area contributed by atoms with Crippen LogP contribution in [0.1, 0.15) is 24.3 Å². The zero-order valence-electron chi connectivity index (χ0n) is 14.1. The van der Waals surface area contributed by atoms with Gasteiger partial charge < -0.3 is 19.3 Å². The van der Waals surface area contributed by atoms with Crippen LogP contribution in [0.25, 0.3) is 11.3 Å². The Morgan fingerprint density at radius 1 is 1.08 bits per heavy atom. The summed E-state index contributed by atoms with van der Waals surface area (Å²) in [6.07, 6.45) is 0. The average molecular weight is 371 g/mol. The summed E-state index contributed by atoms with van der Waals surface area (Å²) in [5.74, 6) is 0.513. The SMILES string of the molecule is CC1(C)Oc2ccc(NC(=O)c3cc(-c4ccccc4Cl)on3)cc2O1. The van der Waals surface area contributed by atoms with Gasteiger partial charge in [0.15, 0.2) is 23.0 Å².